The fourth-order valence-corrected chi connectivity index (χ4v) is 6.72. The van der Waals surface area contributed by atoms with Crippen molar-refractivity contribution in [3.63, 3.8) is 0 Å². The van der Waals surface area contributed by atoms with Crippen molar-refractivity contribution >= 4 is 23.2 Å². The predicted octanol–water partition coefficient (Wildman–Crippen LogP) is 3.10. The van der Waals surface area contributed by atoms with Gasteiger partial charge in [-0.1, -0.05) is 12.1 Å². The summed E-state index contributed by atoms with van der Waals surface area (Å²) < 4.78 is 17.0. The van der Waals surface area contributed by atoms with Gasteiger partial charge >= 0.3 is 0 Å². The zero-order chi connectivity index (χ0) is 25.5. The fraction of sp³-hybridized carbons (Fsp3) is 0.407. The molecular formula is C27H27FN6O2S. The average molecular weight is 519 g/mol. The molecule has 3 aliphatic rings. The monoisotopic (exact) mass is 518 g/mol. The van der Waals surface area contributed by atoms with Crippen LogP contribution < -0.4 is 10.6 Å². The maximum absolute atomic E-state index is 15.0. The van der Waals surface area contributed by atoms with Crippen LogP contribution in [0.5, 0.6) is 0 Å². The summed E-state index contributed by atoms with van der Waals surface area (Å²) in [7, 11) is 0. The first kappa shape index (κ1) is 23.8. The minimum atomic E-state index is -0.805. The number of aromatic nitrogens is 2. The SMILES string of the molecule is N#CC(Cc1ccc(-c2ccc(C(=O)N3CCn4nccc4C3)s2)cc1F)NC(=O)C1NC2CCC1C2. The Morgan fingerprint density at radius 2 is 2.14 bits per heavy atom. The summed E-state index contributed by atoms with van der Waals surface area (Å²) in [5.74, 6) is -0.333. The minimum absolute atomic E-state index is 0.0432. The molecule has 1 aliphatic carbocycles. The normalized spacial score (nSPS) is 22.9. The highest BCUT2D eigenvalue weighted by Gasteiger charge is 2.43. The van der Waals surface area contributed by atoms with Crippen LogP contribution in [-0.2, 0) is 24.3 Å². The van der Waals surface area contributed by atoms with E-state index in [2.05, 4.69) is 21.8 Å². The number of piperidine rings is 1. The third-order valence-corrected chi connectivity index (χ3v) is 8.84. The van der Waals surface area contributed by atoms with Gasteiger partial charge in [-0.05, 0) is 60.6 Å². The summed E-state index contributed by atoms with van der Waals surface area (Å²) in [6.45, 7) is 1.78. The Morgan fingerprint density at radius 3 is 2.89 bits per heavy atom. The van der Waals surface area contributed by atoms with Crippen molar-refractivity contribution in [1.29, 1.82) is 5.26 Å². The molecule has 4 heterocycles. The van der Waals surface area contributed by atoms with E-state index in [1.165, 1.54) is 17.4 Å². The van der Waals surface area contributed by atoms with Gasteiger partial charge in [0, 0.05) is 30.1 Å². The van der Waals surface area contributed by atoms with E-state index >= 15 is 4.39 Å². The molecule has 1 saturated heterocycles. The molecule has 2 amide bonds. The number of nitrogens with zero attached hydrogens (tertiary/aromatic N) is 4. The lowest BCUT2D eigenvalue weighted by molar-refractivity contribution is -0.124. The second-order valence-electron chi connectivity index (χ2n) is 10.1. The summed E-state index contributed by atoms with van der Waals surface area (Å²) in [5.41, 5.74) is 2.05. The molecule has 10 heteroatoms. The Balaban J connectivity index is 1.10. The molecule has 2 aliphatic heterocycles. The number of hydrogen-bond acceptors (Lipinski definition) is 6. The molecular weight excluding hydrogens is 491 g/mol. The smallest absolute Gasteiger partial charge is 0.264 e. The molecule has 2 N–H and O–H groups in total. The summed E-state index contributed by atoms with van der Waals surface area (Å²) >= 11 is 1.34. The van der Waals surface area contributed by atoms with Crippen molar-refractivity contribution in [1.82, 2.24) is 25.3 Å². The number of rotatable bonds is 6. The van der Waals surface area contributed by atoms with Gasteiger partial charge in [-0.2, -0.15) is 10.4 Å². The van der Waals surface area contributed by atoms with E-state index in [0.29, 0.717) is 47.6 Å². The number of nitriles is 1. The number of amides is 2. The zero-order valence-electron chi connectivity index (χ0n) is 20.2. The number of thiophene rings is 1. The second kappa shape index (κ2) is 9.72. The Kier molecular flexibility index (Phi) is 6.26. The number of carbonyl (C=O) groups is 2. The third kappa shape index (κ3) is 4.65. The molecule has 2 bridgehead atoms. The quantitative estimate of drug-likeness (QED) is 0.522. The number of benzene rings is 1. The van der Waals surface area contributed by atoms with E-state index in [1.54, 1.807) is 29.3 Å². The lowest BCUT2D eigenvalue weighted by Crippen LogP contribution is -2.50. The van der Waals surface area contributed by atoms with Gasteiger partial charge in [0.1, 0.15) is 11.9 Å². The van der Waals surface area contributed by atoms with Crippen LogP contribution in [0.3, 0.4) is 0 Å². The number of hydrogen-bond donors (Lipinski definition) is 2. The van der Waals surface area contributed by atoms with Crippen LogP contribution in [0.25, 0.3) is 10.4 Å². The molecule has 3 aromatic rings. The van der Waals surface area contributed by atoms with Crippen molar-refractivity contribution in [2.75, 3.05) is 6.54 Å². The van der Waals surface area contributed by atoms with Gasteiger partial charge < -0.3 is 15.5 Å². The molecule has 2 aromatic heterocycles. The van der Waals surface area contributed by atoms with Crippen molar-refractivity contribution in [2.45, 2.75) is 56.9 Å². The second-order valence-corrected chi connectivity index (χ2v) is 11.1. The standard InChI is InChI=1S/C27H27FN6O2S/c28-22-13-17(23-5-6-24(37-23)27(36)33-9-10-34-21(15-33)7-8-30-34)2-1-16(22)11-20(14-29)32-26(35)25-18-3-4-19(12-18)31-25/h1-2,5-8,13,18-20,25,31H,3-4,9-12,15H2,(H,32,35). The molecule has 1 saturated carbocycles. The first-order valence-electron chi connectivity index (χ1n) is 12.6. The summed E-state index contributed by atoms with van der Waals surface area (Å²) in [4.78, 5) is 28.9. The molecule has 8 nitrogen and oxygen atoms in total. The average Bonchev–Trinajstić information content (AvgIpc) is 3.72. The Bertz CT molecular complexity index is 1390. The Morgan fingerprint density at radius 1 is 1.24 bits per heavy atom. The van der Waals surface area contributed by atoms with Crippen LogP contribution in [0.4, 0.5) is 4.39 Å². The lowest BCUT2D eigenvalue weighted by atomic mass is 9.98. The van der Waals surface area contributed by atoms with Gasteiger partial charge in [0.15, 0.2) is 0 Å². The molecule has 0 spiro atoms. The molecule has 0 radical (unpaired) electrons. The maximum atomic E-state index is 15.0. The molecule has 190 valence electrons. The highest BCUT2D eigenvalue weighted by molar-refractivity contribution is 7.17. The van der Waals surface area contributed by atoms with Crippen molar-refractivity contribution < 1.29 is 14.0 Å². The summed E-state index contributed by atoms with van der Waals surface area (Å²) in [6, 6.07) is 11.9. The van der Waals surface area contributed by atoms with Crippen LogP contribution in [0, 0.1) is 23.1 Å². The van der Waals surface area contributed by atoms with Gasteiger partial charge in [-0.3, -0.25) is 14.3 Å². The highest BCUT2D eigenvalue weighted by Crippen LogP contribution is 2.35. The van der Waals surface area contributed by atoms with E-state index in [1.807, 2.05) is 16.8 Å². The van der Waals surface area contributed by atoms with Gasteiger partial charge in [0.05, 0.1) is 35.8 Å². The largest absolute Gasteiger partial charge is 0.339 e. The van der Waals surface area contributed by atoms with E-state index in [-0.39, 0.29) is 24.3 Å². The van der Waals surface area contributed by atoms with E-state index in [0.717, 1.165) is 29.8 Å². The lowest BCUT2D eigenvalue weighted by Gasteiger charge is -2.27. The van der Waals surface area contributed by atoms with Crippen molar-refractivity contribution in [3.8, 4) is 16.5 Å². The molecule has 6 rings (SSSR count). The number of halogens is 1. The fourth-order valence-electron chi connectivity index (χ4n) is 5.75. The van der Waals surface area contributed by atoms with Gasteiger partial charge in [-0.25, -0.2) is 4.39 Å². The van der Waals surface area contributed by atoms with Crippen molar-refractivity contribution in [2.24, 2.45) is 5.92 Å². The first-order chi connectivity index (χ1) is 18.0. The Hall–Kier alpha value is -3.55. The molecule has 37 heavy (non-hydrogen) atoms. The Labute approximate surface area is 218 Å². The van der Waals surface area contributed by atoms with E-state index in [9.17, 15) is 14.9 Å². The number of fused-ring (bicyclic) bond motifs is 3. The van der Waals surface area contributed by atoms with Crippen LogP contribution in [-0.4, -0.2) is 51.2 Å². The van der Waals surface area contributed by atoms with E-state index < -0.39 is 11.9 Å². The van der Waals surface area contributed by atoms with Gasteiger partial charge in [0.25, 0.3) is 5.91 Å². The van der Waals surface area contributed by atoms with Gasteiger partial charge in [-0.15, -0.1) is 11.3 Å². The van der Waals surface area contributed by atoms with Crippen LogP contribution in [0.2, 0.25) is 0 Å². The highest BCUT2D eigenvalue weighted by atomic mass is 32.1. The number of nitrogens with one attached hydrogen (secondary N) is 2. The molecule has 2 fully saturated rings. The van der Waals surface area contributed by atoms with Crippen molar-refractivity contribution in [3.05, 3.63) is 64.5 Å². The molecule has 1 aromatic carbocycles. The third-order valence-electron chi connectivity index (χ3n) is 7.72. The summed E-state index contributed by atoms with van der Waals surface area (Å²) in [6.07, 6.45) is 4.97. The minimum Gasteiger partial charge on any atom is -0.339 e. The summed E-state index contributed by atoms with van der Waals surface area (Å²) in [5, 5.41) is 20.0. The predicted molar refractivity (Wildman–Crippen MR) is 136 cm³/mol. The van der Waals surface area contributed by atoms with E-state index in [4.69, 9.17) is 0 Å². The number of carbonyl (C=O) groups excluding carboxylic acids is 2. The molecule has 4 atom stereocenters. The molecule has 4 unspecified atom stereocenters. The first-order valence-corrected chi connectivity index (χ1v) is 13.4. The van der Waals surface area contributed by atoms with Crippen LogP contribution in [0.15, 0.2) is 42.6 Å². The zero-order valence-corrected chi connectivity index (χ0v) is 21.0. The van der Waals surface area contributed by atoms with Gasteiger partial charge in [0.2, 0.25) is 5.91 Å². The topological polar surface area (TPSA) is 103 Å². The van der Waals surface area contributed by atoms with Crippen LogP contribution in [0.1, 0.15) is 40.2 Å². The van der Waals surface area contributed by atoms with Crippen LogP contribution >= 0.6 is 11.3 Å². The maximum Gasteiger partial charge on any atom is 0.264 e.